The molecule has 0 bridgehead atoms. The number of carbonyl (C=O) groups excluding carboxylic acids is 2. The molecule has 2 amide bonds. The first-order chi connectivity index (χ1) is 17.8. The number of piperidine rings is 1. The van der Waals surface area contributed by atoms with Crippen LogP contribution in [0.15, 0.2) is 36.7 Å². The number of hydrogen-bond donors (Lipinski definition) is 3. The van der Waals surface area contributed by atoms with Crippen molar-refractivity contribution in [2.45, 2.75) is 44.4 Å². The number of anilines is 1. The molecule has 2 saturated heterocycles. The van der Waals surface area contributed by atoms with Crippen molar-refractivity contribution in [1.82, 2.24) is 34.8 Å². The zero-order valence-corrected chi connectivity index (χ0v) is 20.2. The fourth-order valence-electron chi connectivity index (χ4n) is 4.81. The number of H-pyrrole nitrogens is 1. The van der Waals surface area contributed by atoms with Crippen LogP contribution in [0.1, 0.15) is 48.4 Å². The molecule has 0 radical (unpaired) electrons. The lowest BCUT2D eigenvalue weighted by molar-refractivity contribution is -0.141. The molecule has 3 aromatic rings. The van der Waals surface area contributed by atoms with Crippen LogP contribution in [-0.2, 0) is 4.79 Å². The highest BCUT2D eigenvalue weighted by Gasteiger charge is 2.37. The van der Waals surface area contributed by atoms with Crippen LogP contribution in [0.25, 0.3) is 11.4 Å². The highest BCUT2D eigenvalue weighted by atomic mass is 19.3. The van der Waals surface area contributed by atoms with Gasteiger partial charge in [0.15, 0.2) is 5.69 Å². The first-order valence-electron chi connectivity index (χ1n) is 12.2. The maximum Gasteiger partial charge on any atom is 0.284 e. The van der Waals surface area contributed by atoms with Gasteiger partial charge in [0.25, 0.3) is 18.2 Å². The van der Waals surface area contributed by atoms with E-state index in [0.29, 0.717) is 37.6 Å². The fourth-order valence-corrected chi connectivity index (χ4v) is 4.81. The van der Waals surface area contributed by atoms with E-state index in [-0.39, 0.29) is 29.4 Å². The SMILES string of the molecule is CC(O)C(=O)N1CCC(N2CC(n3cc(NC(=O)c4cccc(-c5cc[nH]n5)n4)c(C(F)F)n3)C2)CC1. The Morgan fingerprint density at radius 2 is 1.89 bits per heavy atom. The van der Waals surface area contributed by atoms with Gasteiger partial charge in [-0.3, -0.25) is 24.3 Å². The van der Waals surface area contributed by atoms with Crippen molar-refractivity contribution in [1.29, 1.82) is 0 Å². The maximum atomic E-state index is 13.7. The molecule has 5 heterocycles. The number of nitrogens with zero attached hydrogens (tertiary/aromatic N) is 6. The van der Waals surface area contributed by atoms with Crippen LogP contribution < -0.4 is 5.32 Å². The summed E-state index contributed by atoms with van der Waals surface area (Å²) in [5, 5.41) is 22.8. The largest absolute Gasteiger partial charge is 0.384 e. The Bertz CT molecular complexity index is 1250. The first kappa shape index (κ1) is 25.0. The number of aromatic nitrogens is 5. The minimum Gasteiger partial charge on any atom is -0.384 e. The molecule has 0 aliphatic carbocycles. The van der Waals surface area contributed by atoms with E-state index in [2.05, 4.69) is 30.5 Å². The number of rotatable bonds is 7. The third kappa shape index (κ3) is 5.23. The molecule has 0 spiro atoms. The predicted octanol–water partition coefficient (Wildman–Crippen LogP) is 2.09. The van der Waals surface area contributed by atoms with E-state index in [4.69, 9.17) is 0 Å². The van der Waals surface area contributed by atoms with Gasteiger partial charge in [0.2, 0.25) is 0 Å². The minimum absolute atomic E-state index is 0.0460. The van der Waals surface area contributed by atoms with Crippen molar-refractivity contribution in [3.63, 3.8) is 0 Å². The number of nitrogens with one attached hydrogen (secondary N) is 2. The summed E-state index contributed by atoms with van der Waals surface area (Å²) >= 11 is 0. The molecule has 3 aromatic heterocycles. The van der Waals surface area contributed by atoms with Gasteiger partial charge in [-0.25, -0.2) is 13.8 Å². The summed E-state index contributed by atoms with van der Waals surface area (Å²) in [5.41, 5.74) is 0.582. The molecule has 3 N–H and O–H groups in total. The van der Waals surface area contributed by atoms with Crippen LogP contribution in [-0.4, -0.2) is 90.0 Å². The Kier molecular flexibility index (Phi) is 6.98. The number of amides is 2. The van der Waals surface area contributed by atoms with Gasteiger partial charge in [-0.15, -0.1) is 0 Å². The van der Waals surface area contributed by atoms with E-state index < -0.39 is 24.1 Å². The molecule has 37 heavy (non-hydrogen) atoms. The molecule has 0 saturated carbocycles. The summed E-state index contributed by atoms with van der Waals surface area (Å²) in [5.74, 6) is -0.874. The molecule has 2 aliphatic rings. The van der Waals surface area contributed by atoms with E-state index >= 15 is 0 Å². The minimum atomic E-state index is -2.85. The van der Waals surface area contributed by atoms with Crippen LogP contribution in [0.2, 0.25) is 0 Å². The summed E-state index contributed by atoms with van der Waals surface area (Å²) in [7, 11) is 0. The van der Waals surface area contributed by atoms with Crippen LogP contribution in [0.4, 0.5) is 14.5 Å². The summed E-state index contributed by atoms with van der Waals surface area (Å²) in [4.78, 5) is 33.0. The predicted molar refractivity (Wildman–Crippen MR) is 129 cm³/mol. The average Bonchev–Trinajstić information content (AvgIpc) is 3.54. The molecule has 196 valence electrons. The molecule has 1 unspecified atom stereocenters. The van der Waals surface area contributed by atoms with Crippen molar-refractivity contribution >= 4 is 17.5 Å². The molecular weight excluding hydrogens is 486 g/mol. The lowest BCUT2D eigenvalue weighted by atomic mass is 9.97. The number of pyridine rings is 1. The lowest BCUT2D eigenvalue weighted by Crippen LogP contribution is -2.56. The number of aliphatic hydroxyl groups is 1. The molecule has 5 rings (SSSR count). The molecule has 1 atom stereocenters. The van der Waals surface area contributed by atoms with E-state index in [0.717, 1.165) is 12.8 Å². The third-order valence-corrected chi connectivity index (χ3v) is 6.87. The smallest absolute Gasteiger partial charge is 0.284 e. The summed E-state index contributed by atoms with van der Waals surface area (Å²) in [6.45, 7) is 3.91. The number of likely N-dealkylation sites (tertiary alicyclic amines) is 2. The van der Waals surface area contributed by atoms with Crippen LogP contribution in [0.5, 0.6) is 0 Å². The Labute approximate surface area is 211 Å². The van der Waals surface area contributed by atoms with Gasteiger partial charge in [-0.05, 0) is 38.0 Å². The summed E-state index contributed by atoms with van der Waals surface area (Å²) in [6.07, 6.45) is 0.807. The van der Waals surface area contributed by atoms with Gasteiger partial charge in [0, 0.05) is 44.6 Å². The number of aromatic amines is 1. The molecule has 0 aromatic carbocycles. The monoisotopic (exact) mass is 514 g/mol. The second kappa shape index (κ2) is 10.3. The van der Waals surface area contributed by atoms with Crippen molar-refractivity contribution < 1.29 is 23.5 Å². The van der Waals surface area contributed by atoms with Gasteiger partial charge in [0.05, 0.1) is 17.4 Å². The number of hydrogen-bond acceptors (Lipinski definition) is 7. The zero-order chi connectivity index (χ0) is 26.1. The van der Waals surface area contributed by atoms with Gasteiger partial charge in [0.1, 0.15) is 17.5 Å². The standard InChI is InChI=1S/C24H28F2N8O3/c1-14(35)24(37)32-9-6-15(7-10-32)33-11-16(12-33)34-13-20(21(31-34)22(25)26)29-23(36)19-4-2-3-17(28-19)18-5-8-27-30-18/h2-5,8,13-16,22,35H,6-7,9-12H2,1H3,(H,27,30)(H,29,36). The Hall–Kier alpha value is -3.71. The second-order valence-corrected chi connectivity index (χ2v) is 9.37. The average molecular weight is 515 g/mol. The van der Waals surface area contributed by atoms with E-state index in [9.17, 15) is 23.5 Å². The fraction of sp³-hybridized carbons (Fsp3) is 0.458. The van der Waals surface area contributed by atoms with Gasteiger partial charge in [-0.1, -0.05) is 6.07 Å². The van der Waals surface area contributed by atoms with Crippen LogP contribution in [0.3, 0.4) is 0 Å². The summed E-state index contributed by atoms with van der Waals surface area (Å²) < 4.78 is 29.0. The topological polar surface area (TPSA) is 132 Å². The highest BCUT2D eigenvalue weighted by Crippen LogP contribution is 2.32. The third-order valence-electron chi connectivity index (χ3n) is 6.87. The molecule has 11 nitrogen and oxygen atoms in total. The normalized spacial score (nSPS) is 18.1. The number of carbonyl (C=O) groups is 2. The van der Waals surface area contributed by atoms with E-state index in [1.165, 1.54) is 23.9 Å². The number of aliphatic hydroxyl groups excluding tert-OH is 1. The molecule has 2 fully saturated rings. The van der Waals surface area contributed by atoms with Gasteiger partial charge < -0.3 is 15.3 Å². The molecular formula is C24H28F2N8O3. The summed E-state index contributed by atoms with van der Waals surface area (Å²) in [6, 6.07) is 6.75. The highest BCUT2D eigenvalue weighted by molar-refractivity contribution is 6.03. The molecule has 13 heteroatoms. The van der Waals surface area contributed by atoms with E-state index in [1.807, 2.05) is 0 Å². The Balaban J connectivity index is 1.21. The Morgan fingerprint density at radius 1 is 1.14 bits per heavy atom. The quantitative estimate of drug-likeness (QED) is 0.440. The van der Waals surface area contributed by atoms with Gasteiger partial charge >= 0.3 is 0 Å². The zero-order valence-electron chi connectivity index (χ0n) is 20.2. The Morgan fingerprint density at radius 3 is 2.54 bits per heavy atom. The lowest BCUT2D eigenvalue weighted by Gasteiger charge is -2.47. The van der Waals surface area contributed by atoms with Crippen molar-refractivity contribution in [2.24, 2.45) is 0 Å². The van der Waals surface area contributed by atoms with Gasteiger partial charge in [-0.2, -0.15) is 10.2 Å². The maximum absolute atomic E-state index is 13.7. The number of halogens is 2. The van der Waals surface area contributed by atoms with Crippen molar-refractivity contribution in [3.8, 4) is 11.4 Å². The number of alkyl halides is 2. The second-order valence-electron chi connectivity index (χ2n) is 9.37. The van der Waals surface area contributed by atoms with E-state index in [1.54, 1.807) is 29.3 Å². The molecule has 2 aliphatic heterocycles. The van der Waals surface area contributed by atoms with Crippen molar-refractivity contribution in [2.75, 3.05) is 31.5 Å². The van der Waals surface area contributed by atoms with Crippen LogP contribution >= 0.6 is 0 Å². The van der Waals surface area contributed by atoms with Crippen LogP contribution in [0, 0.1) is 0 Å². The first-order valence-corrected chi connectivity index (χ1v) is 12.2. The van der Waals surface area contributed by atoms with Crippen molar-refractivity contribution in [3.05, 3.63) is 48.0 Å².